The number of hydrogen-bond acceptors (Lipinski definition) is 2. The maximum absolute atomic E-state index is 11.9. The number of hydrogen-bond donors (Lipinski definition) is 0. The Bertz CT molecular complexity index is 369. The van der Waals surface area contributed by atoms with Crippen molar-refractivity contribution in [1.82, 2.24) is 0 Å². The molecule has 0 atom stereocenters. The highest BCUT2D eigenvalue weighted by Gasteiger charge is 2.09. The van der Waals surface area contributed by atoms with E-state index in [1.807, 2.05) is 0 Å². The van der Waals surface area contributed by atoms with Gasteiger partial charge in [0, 0.05) is 17.5 Å². The Hall–Kier alpha value is -1.44. The molecule has 0 radical (unpaired) electrons. The topological polar surface area (TPSA) is 34.1 Å². The molecule has 2 heteroatoms. The number of aldehydes is 1. The Morgan fingerprint density at radius 3 is 2.53 bits per heavy atom. The lowest BCUT2D eigenvalue weighted by atomic mass is 10.00. The quantitative estimate of drug-likeness (QED) is 0.385. The number of carbonyl (C=O) groups is 2. The van der Waals surface area contributed by atoms with E-state index in [-0.39, 0.29) is 5.78 Å². The van der Waals surface area contributed by atoms with Gasteiger partial charge in [0.2, 0.25) is 0 Å². The van der Waals surface area contributed by atoms with E-state index < -0.39 is 0 Å². The normalized spacial score (nSPS) is 10.2. The smallest absolute Gasteiger partial charge is 0.163 e. The number of Topliss-reactive ketones (excluding diaryl/α,β-unsaturated/α-hetero) is 1. The second kappa shape index (κ2) is 7.77. The van der Waals surface area contributed by atoms with E-state index in [0.717, 1.165) is 19.1 Å². The molecule has 0 amide bonds. The average Bonchev–Trinajstić information content (AvgIpc) is 2.38. The first-order chi connectivity index (χ1) is 8.29. The second-order valence-corrected chi connectivity index (χ2v) is 4.29. The molecule has 0 saturated carbocycles. The van der Waals surface area contributed by atoms with Gasteiger partial charge in [-0.15, -0.1) is 0 Å². The van der Waals surface area contributed by atoms with Gasteiger partial charge in [-0.2, -0.15) is 0 Å². The van der Waals surface area contributed by atoms with Gasteiger partial charge in [0.1, 0.15) is 0 Å². The van der Waals surface area contributed by atoms with Crippen LogP contribution in [0, 0.1) is 0 Å². The molecule has 17 heavy (non-hydrogen) atoms. The minimum atomic E-state index is 0.0872. The summed E-state index contributed by atoms with van der Waals surface area (Å²) in [5.74, 6) is 0.0872. The van der Waals surface area contributed by atoms with Gasteiger partial charge in [-0.1, -0.05) is 56.9 Å². The highest BCUT2D eigenvalue weighted by Crippen LogP contribution is 2.12. The molecule has 0 bridgehead atoms. The van der Waals surface area contributed by atoms with E-state index in [0.29, 0.717) is 17.5 Å². The van der Waals surface area contributed by atoms with E-state index in [1.165, 1.54) is 19.3 Å². The van der Waals surface area contributed by atoms with E-state index in [2.05, 4.69) is 6.92 Å². The van der Waals surface area contributed by atoms with Gasteiger partial charge in [0.25, 0.3) is 0 Å². The number of unbranched alkanes of at least 4 members (excludes halogenated alkanes) is 4. The van der Waals surface area contributed by atoms with Crippen molar-refractivity contribution in [3.63, 3.8) is 0 Å². The molecule has 2 nitrogen and oxygen atoms in total. The Morgan fingerprint density at radius 2 is 1.82 bits per heavy atom. The van der Waals surface area contributed by atoms with Gasteiger partial charge in [-0.3, -0.25) is 9.59 Å². The molecule has 0 unspecified atom stereocenters. The lowest BCUT2D eigenvalue weighted by molar-refractivity contribution is 0.0973. The van der Waals surface area contributed by atoms with Gasteiger partial charge < -0.3 is 0 Å². The first-order valence-corrected chi connectivity index (χ1v) is 6.37. The molecule has 0 spiro atoms. The standard InChI is InChI=1S/C15H20O2/c1-2-3-4-5-6-11-15(17)14-10-8-7-9-13(14)12-16/h7-10,12H,2-6,11H2,1H3. The summed E-state index contributed by atoms with van der Waals surface area (Å²) in [6.07, 6.45) is 6.97. The van der Waals surface area contributed by atoms with Crippen molar-refractivity contribution in [2.75, 3.05) is 0 Å². The number of rotatable bonds is 8. The van der Waals surface area contributed by atoms with Crippen LogP contribution in [0.3, 0.4) is 0 Å². The molecule has 0 aliphatic carbocycles. The molecule has 0 aliphatic rings. The first kappa shape index (κ1) is 13.6. The van der Waals surface area contributed by atoms with E-state index in [4.69, 9.17) is 0 Å². The minimum Gasteiger partial charge on any atom is -0.298 e. The van der Waals surface area contributed by atoms with Crippen LogP contribution in [0.1, 0.15) is 66.2 Å². The molecule has 0 aliphatic heterocycles. The van der Waals surface area contributed by atoms with Crippen LogP contribution in [0.15, 0.2) is 24.3 Å². The van der Waals surface area contributed by atoms with Gasteiger partial charge in [0.15, 0.2) is 12.1 Å². The molecule has 0 saturated heterocycles. The molecule has 92 valence electrons. The fourth-order valence-corrected chi connectivity index (χ4v) is 1.88. The predicted octanol–water partition coefficient (Wildman–Crippen LogP) is 4.04. The third kappa shape index (κ3) is 4.51. The Balaban J connectivity index is 2.44. The average molecular weight is 232 g/mol. The third-order valence-electron chi connectivity index (χ3n) is 2.90. The highest BCUT2D eigenvalue weighted by molar-refractivity contribution is 6.02. The van der Waals surface area contributed by atoms with Crippen LogP contribution in [0.5, 0.6) is 0 Å². The zero-order valence-electron chi connectivity index (χ0n) is 10.4. The van der Waals surface area contributed by atoms with Gasteiger partial charge in [-0.05, 0) is 6.42 Å². The van der Waals surface area contributed by atoms with Crippen molar-refractivity contribution >= 4 is 12.1 Å². The van der Waals surface area contributed by atoms with Crippen molar-refractivity contribution < 1.29 is 9.59 Å². The fourth-order valence-electron chi connectivity index (χ4n) is 1.88. The van der Waals surface area contributed by atoms with E-state index >= 15 is 0 Å². The summed E-state index contributed by atoms with van der Waals surface area (Å²) in [6, 6.07) is 7.01. The summed E-state index contributed by atoms with van der Waals surface area (Å²) >= 11 is 0. The molecule has 1 aromatic carbocycles. The number of ketones is 1. The molecule has 0 heterocycles. The summed E-state index contributed by atoms with van der Waals surface area (Å²) in [7, 11) is 0. The largest absolute Gasteiger partial charge is 0.298 e. The highest BCUT2D eigenvalue weighted by atomic mass is 16.1. The predicted molar refractivity (Wildman–Crippen MR) is 69.5 cm³/mol. The molecular formula is C15H20O2. The van der Waals surface area contributed by atoms with Gasteiger partial charge in [0.05, 0.1) is 0 Å². The number of carbonyl (C=O) groups excluding carboxylic acids is 2. The van der Waals surface area contributed by atoms with Crippen molar-refractivity contribution in [2.45, 2.75) is 45.4 Å². The fraction of sp³-hybridized carbons (Fsp3) is 0.467. The SMILES string of the molecule is CCCCCCCC(=O)c1ccccc1C=O. The van der Waals surface area contributed by atoms with Gasteiger partial charge >= 0.3 is 0 Å². The van der Waals surface area contributed by atoms with Crippen LogP contribution in [0.25, 0.3) is 0 Å². The van der Waals surface area contributed by atoms with E-state index in [9.17, 15) is 9.59 Å². The zero-order valence-corrected chi connectivity index (χ0v) is 10.4. The second-order valence-electron chi connectivity index (χ2n) is 4.29. The van der Waals surface area contributed by atoms with Crippen LogP contribution in [0.2, 0.25) is 0 Å². The Kier molecular flexibility index (Phi) is 6.23. The third-order valence-corrected chi connectivity index (χ3v) is 2.90. The monoisotopic (exact) mass is 232 g/mol. The van der Waals surface area contributed by atoms with Crippen LogP contribution in [0.4, 0.5) is 0 Å². The van der Waals surface area contributed by atoms with Crippen LogP contribution < -0.4 is 0 Å². The van der Waals surface area contributed by atoms with Crippen LogP contribution in [-0.4, -0.2) is 12.1 Å². The Labute approximate surface area is 103 Å². The number of benzene rings is 1. The summed E-state index contributed by atoms with van der Waals surface area (Å²) in [5.41, 5.74) is 1.07. The summed E-state index contributed by atoms with van der Waals surface area (Å²) in [6.45, 7) is 2.17. The summed E-state index contributed by atoms with van der Waals surface area (Å²) < 4.78 is 0. The Morgan fingerprint density at radius 1 is 1.12 bits per heavy atom. The lowest BCUT2D eigenvalue weighted by Crippen LogP contribution is -2.03. The van der Waals surface area contributed by atoms with Crippen molar-refractivity contribution in [1.29, 1.82) is 0 Å². The molecule has 0 N–H and O–H groups in total. The molecule has 0 fully saturated rings. The van der Waals surface area contributed by atoms with Crippen molar-refractivity contribution in [3.8, 4) is 0 Å². The zero-order chi connectivity index (χ0) is 12.5. The van der Waals surface area contributed by atoms with Crippen LogP contribution in [-0.2, 0) is 0 Å². The molecule has 1 aromatic rings. The van der Waals surface area contributed by atoms with Crippen LogP contribution >= 0.6 is 0 Å². The van der Waals surface area contributed by atoms with Crippen molar-refractivity contribution in [3.05, 3.63) is 35.4 Å². The maximum atomic E-state index is 11.9. The maximum Gasteiger partial charge on any atom is 0.163 e. The molecule has 1 rings (SSSR count). The molecular weight excluding hydrogens is 212 g/mol. The summed E-state index contributed by atoms with van der Waals surface area (Å²) in [4.78, 5) is 22.7. The van der Waals surface area contributed by atoms with Gasteiger partial charge in [-0.25, -0.2) is 0 Å². The molecule has 0 aromatic heterocycles. The summed E-state index contributed by atoms with van der Waals surface area (Å²) in [5, 5.41) is 0. The first-order valence-electron chi connectivity index (χ1n) is 6.37. The minimum absolute atomic E-state index is 0.0872. The van der Waals surface area contributed by atoms with E-state index in [1.54, 1.807) is 24.3 Å². The lowest BCUT2D eigenvalue weighted by Gasteiger charge is -2.03. The van der Waals surface area contributed by atoms with Crippen molar-refractivity contribution in [2.24, 2.45) is 0 Å².